The Morgan fingerprint density at radius 2 is 1.89 bits per heavy atom. The van der Waals surface area contributed by atoms with Gasteiger partial charge in [-0.3, -0.25) is 9.69 Å². The van der Waals surface area contributed by atoms with Crippen molar-refractivity contribution in [3.63, 3.8) is 0 Å². The maximum Gasteiger partial charge on any atom is 0.255 e. The fourth-order valence-electron chi connectivity index (χ4n) is 3.68. The van der Waals surface area contributed by atoms with Gasteiger partial charge < -0.3 is 10.6 Å². The second-order valence-corrected chi connectivity index (χ2v) is 5.65. The van der Waals surface area contributed by atoms with Gasteiger partial charge in [-0.25, -0.2) is 0 Å². The summed E-state index contributed by atoms with van der Waals surface area (Å²) >= 11 is 0. The molecule has 1 amide bonds. The summed E-state index contributed by atoms with van der Waals surface area (Å²) in [5, 5.41) is 6.83. The number of carbonyl (C=O) groups excluding carboxylic acids is 1. The summed E-state index contributed by atoms with van der Waals surface area (Å²) in [7, 11) is 0. The third-order valence-corrected chi connectivity index (χ3v) is 4.62. The molecule has 19 heavy (non-hydrogen) atoms. The number of carbonyl (C=O) groups is 1. The van der Waals surface area contributed by atoms with Crippen LogP contribution in [0.4, 0.5) is 5.69 Å². The molecule has 0 radical (unpaired) electrons. The molecule has 4 aliphatic heterocycles. The Labute approximate surface area is 119 Å². The van der Waals surface area contributed by atoms with Gasteiger partial charge in [0.1, 0.15) is 5.66 Å². The van der Waals surface area contributed by atoms with Crippen LogP contribution in [0.2, 0.25) is 0 Å². The van der Waals surface area contributed by atoms with Gasteiger partial charge >= 0.3 is 0 Å². The minimum absolute atomic E-state index is 0. The van der Waals surface area contributed by atoms with E-state index in [1.54, 1.807) is 0 Å². The van der Waals surface area contributed by atoms with Crippen molar-refractivity contribution in [1.82, 2.24) is 10.2 Å². The van der Waals surface area contributed by atoms with Crippen LogP contribution < -0.4 is 10.6 Å². The van der Waals surface area contributed by atoms with E-state index in [0.717, 1.165) is 17.8 Å². The van der Waals surface area contributed by atoms with E-state index in [1.165, 1.54) is 25.9 Å². The first-order valence-electron chi connectivity index (χ1n) is 6.69. The number of piperidine rings is 3. The van der Waals surface area contributed by atoms with Crippen molar-refractivity contribution in [2.24, 2.45) is 5.92 Å². The summed E-state index contributed by atoms with van der Waals surface area (Å²) in [6.07, 6.45) is 2.35. The van der Waals surface area contributed by atoms with E-state index in [2.05, 4.69) is 15.5 Å². The van der Waals surface area contributed by atoms with E-state index in [4.69, 9.17) is 0 Å². The van der Waals surface area contributed by atoms with Gasteiger partial charge in [0.15, 0.2) is 0 Å². The highest BCUT2D eigenvalue weighted by atomic mass is 35.5. The molecule has 4 aliphatic rings. The smallest absolute Gasteiger partial charge is 0.255 e. The molecule has 1 aromatic carbocycles. The number of anilines is 1. The molecular formula is C14H18ClN3O. The van der Waals surface area contributed by atoms with Crippen molar-refractivity contribution < 1.29 is 4.79 Å². The van der Waals surface area contributed by atoms with Crippen LogP contribution in [0.5, 0.6) is 0 Å². The molecule has 0 aliphatic carbocycles. The number of rotatable bonds is 0. The van der Waals surface area contributed by atoms with Crippen LogP contribution >= 0.6 is 12.4 Å². The molecule has 5 rings (SSSR count). The Hall–Kier alpha value is -1.26. The summed E-state index contributed by atoms with van der Waals surface area (Å²) < 4.78 is 0. The molecule has 1 spiro atoms. The van der Waals surface area contributed by atoms with Gasteiger partial charge in [-0.1, -0.05) is 12.1 Å². The van der Waals surface area contributed by atoms with Crippen molar-refractivity contribution in [1.29, 1.82) is 0 Å². The standard InChI is InChI=1S/C14H17N3O.ClH/c18-13-11-3-1-2-4-12(11)15-14(16-13)9-17-7-5-10(14)6-8-17;/h1-4,10,15H,5-9H2,(H,16,18);1H. The molecule has 1 unspecified atom stereocenters. The van der Waals surface area contributed by atoms with Crippen molar-refractivity contribution in [3.05, 3.63) is 29.8 Å². The Kier molecular flexibility index (Phi) is 2.95. The summed E-state index contributed by atoms with van der Waals surface area (Å²) in [6.45, 7) is 3.27. The van der Waals surface area contributed by atoms with Crippen LogP contribution in [0.15, 0.2) is 24.3 Å². The molecule has 102 valence electrons. The molecule has 4 heterocycles. The number of para-hydroxylation sites is 1. The molecule has 3 saturated heterocycles. The van der Waals surface area contributed by atoms with Crippen LogP contribution in [0.1, 0.15) is 23.2 Å². The lowest BCUT2D eigenvalue weighted by Gasteiger charge is -2.55. The lowest BCUT2D eigenvalue weighted by atomic mass is 9.77. The Balaban J connectivity index is 0.00000110. The summed E-state index contributed by atoms with van der Waals surface area (Å²) in [6, 6.07) is 7.79. The van der Waals surface area contributed by atoms with Gasteiger partial charge in [-0.2, -0.15) is 0 Å². The number of amides is 1. The highest BCUT2D eigenvalue weighted by Crippen LogP contribution is 2.39. The SMILES string of the molecule is Cl.O=C1NC2(CN3CCC2CC3)Nc2ccccc21. The Morgan fingerprint density at radius 3 is 2.58 bits per heavy atom. The number of fused-ring (bicyclic) bond motifs is 3. The van der Waals surface area contributed by atoms with E-state index < -0.39 is 0 Å². The van der Waals surface area contributed by atoms with Gasteiger partial charge in [0, 0.05) is 18.2 Å². The fourth-order valence-corrected chi connectivity index (χ4v) is 3.68. The molecule has 1 aromatic rings. The summed E-state index contributed by atoms with van der Waals surface area (Å²) in [5.41, 5.74) is 1.51. The summed E-state index contributed by atoms with van der Waals surface area (Å²) in [5.74, 6) is 0.623. The van der Waals surface area contributed by atoms with Crippen LogP contribution in [0.3, 0.4) is 0 Å². The highest BCUT2D eigenvalue weighted by Gasteiger charge is 2.49. The van der Waals surface area contributed by atoms with Gasteiger partial charge in [0.05, 0.1) is 5.56 Å². The quantitative estimate of drug-likeness (QED) is 0.760. The molecule has 2 N–H and O–H groups in total. The topological polar surface area (TPSA) is 44.4 Å². The van der Waals surface area contributed by atoms with Gasteiger partial charge in [-0.15, -0.1) is 12.4 Å². The fraction of sp³-hybridized carbons (Fsp3) is 0.500. The zero-order valence-corrected chi connectivity index (χ0v) is 11.5. The molecule has 0 aromatic heterocycles. The van der Waals surface area contributed by atoms with E-state index in [9.17, 15) is 4.79 Å². The lowest BCUT2D eigenvalue weighted by Crippen LogP contribution is -2.72. The minimum atomic E-state index is -0.234. The molecule has 5 heteroatoms. The molecule has 4 nitrogen and oxygen atoms in total. The highest BCUT2D eigenvalue weighted by molar-refractivity contribution is 6.02. The van der Waals surface area contributed by atoms with Crippen LogP contribution in [-0.4, -0.2) is 36.1 Å². The second-order valence-electron chi connectivity index (χ2n) is 5.65. The van der Waals surface area contributed by atoms with Crippen LogP contribution in [0.25, 0.3) is 0 Å². The zero-order valence-electron chi connectivity index (χ0n) is 10.7. The largest absolute Gasteiger partial charge is 0.361 e. The van der Waals surface area contributed by atoms with E-state index >= 15 is 0 Å². The summed E-state index contributed by atoms with van der Waals surface area (Å²) in [4.78, 5) is 14.7. The minimum Gasteiger partial charge on any atom is -0.361 e. The lowest BCUT2D eigenvalue weighted by molar-refractivity contribution is 0.0194. The number of nitrogens with zero attached hydrogens (tertiary/aromatic N) is 1. The van der Waals surface area contributed by atoms with Gasteiger partial charge in [0.2, 0.25) is 0 Å². The van der Waals surface area contributed by atoms with Crippen molar-refractivity contribution >= 4 is 24.0 Å². The maximum absolute atomic E-state index is 12.3. The van der Waals surface area contributed by atoms with Crippen LogP contribution in [-0.2, 0) is 0 Å². The monoisotopic (exact) mass is 279 g/mol. The molecule has 2 bridgehead atoms. The van der Waals surface area contributed by atoms with Crippen molar-refractivity contribution in [2.75, 3.05) is 25.0 Å². The number of nitrogens with one attached hydrogen (secondary N) is 2. The first-order chi connectivity index (χ1) is 8.77. The molecule has 1 atom stereocenters. The third kappa shape index (κ3) is 1.82. The molecule has 3 fully saturated rings. The average molecular weight is 280 g/mol. The van der Waals surface area contributed by atoms with Gasteiger partial charge in [-0.05, 0) is 38.1 Å². The van der Waals surface area contributed by atoms with E-state index in [0.29, 0.717) is 5.92 Å². The number of benzene rings is 1. The Bertz CT molecular complexity index is 513. The number of hydrogen-bond acceptors (Lipinski definition) is 3. The predicted molar refractivity (Wildman–Crippen MR) is 76.7 cm³/mol. The normalized spacial score (nSPS) is 35.1. The molecular weight excluding hydrogens is 262 g/mol. The Morgan fingerprint density at radius 1 is 1.16 bits per heavy atom. The van der Waals surface area contributed by atoms with E-state index in [-0.39, 0.29) is 24.0 Å². The number of hydrogen-bond donors (Lipinski definition) is 2. The van der Waals surface area contributed by atoms with E-state index in [1.807, 2.05) is 24.3 Å². The number of halogens is 1. The second kappa shape index (κ2) is 4.39. The first-order valence-corrected chi connectivity index (χ1v) is 6.69. The molecule has 0 saturated carbocycles. The first kappa shape index (κ1) is 12.8. The van der Waals surface area contributed by atoms with Crippen LogP contribution in [0, 0.1) is 5.92 Å². The maximum atomic E-state index is 12.3. The predicted octanol–water partition coefficient (Wildman–Crippen LogP) is 1.69. The van der Waals surface area contributed by atoms with Crippen molar-refractivity contribution in [2.45, 2.75) is 18.5 Å². The van der Waals surface area contributed by atoms with Crippen molar-refractivity contribution in [3.8, 4) is 0 Å². The average Bonchev–Trinajstić information content (AvgIpc) is 2.39. The third-order valence-electron chi connectivity index (χ3n) is 4.62. The van der Waals surface area contributed by atoms with Gasteiger partial charge in [0.25, 0.3) is 5.91 Å². The zero-order chi connectivity index (χ0) is 12.2.